The van der Waals surface area contributed by atoms with E-state index in [0.717, 1.165) is 13.8 Å². The average molecular weight is 292 g/mol. The lowest BCUT2D eigenvalue weighted by atomic mass is 10.2. The van der Waals surface area contributed by atoms with Crippen LogP contribution < -0.4 is 0 Å². The van der Waals surface area contributed by atoms with E-state index in [0.29, 0.717) is 11.8 Å². The lowest BCUT2D eigenvalue weighted by molar-refractivity contribution is 0.0572. The largest absolute Gasteiger partial charge is 0.467 e. The van der Waals surface area contributed by atoms with Gasteiger partial charge in [-0.1, -0.05) is 12.1 Å². The van der Waals surface area contributed by atoms with E-state index < -0.39 is 0 Å². The summed E-state index contributed by atoms with van der Waals surface area (Å²) in [5.41, 5.74) is 0.661. The van der Waals surface area contributed by atoms with Crippen LogP contribution in [0.25, 0.3) is 0 Å². The van der Waals surface area contributed by atoms with Gasteiger partial charge in [-0.15, -0.1) is 0 Å². The van der Waals surface area contributed by atoms with Gasteiger partial charge < -0.3 is 4.74 Å². The molecule has 0 aliphatic rings. The number of benzene rings is 1. The van der Waals surface area contributed by atoms with Gasteiger partial charge in [-0.25, -0.2) is 4.79 Å². The van der Waals surface area contributed by atoms with E-state index in [9.17, 15) is 4.79 Å². The van der Waals surface area contributed by atoms with Crippen LogP contribution in [0, 0.1) is 3.57 Å². The topological polar surface area (TPSA) is 26.3 Å². The van der Waals surface area contributed by atoms with Gasteiger partial charge in [0.25, 0.3) is 0 Å². The summed E-state index contributed by atoms with van der Waals surface area (Å²) in [4.78, 5) is 11.3. The summed E-state index contributed by atoms with van der Waals surface area (Å²) in [5, 5.41) is 0. The van der Waals surface area contributed by atoms with E-state index in [-0.39, 0.29) is 5.97 Å². The maximum atomic E-state index is 11.3. The van der Waals surface area contributed by atoms with Gasteiger partial charge in [0.2, 0.25) is 0 Å². The third kappa shape index (κ3) is 2.31. The van der Waals surface area contributed by atoms with Crippen LogP contribution in [0.5, 0.6) is 0 Å². The van der Waals surface area contributed by atoms with Gasteiger partial charge >= 0.3 is 5.97 Å². The summed E-state index contributed by atoms with van der Waals surface area (Å²) < 4.78 is 5.87. The summed E-state index contributed by atoms with van der Waals surface area (Å²) in [6, 6.07) is 7.41. The molecule has 4 heteroatoms. The molecule has 0 amide bonds. The van der Waals surface area contributed by atoms with Gasteiger partial charge in [0.05, 0.1) is 22.0 Å². The Labute approximate surface area is 87.9 Å². The van der Waals surface area contributed by atoms with Gasteiger partial charge in [-0.3, -0.25) is 0 Å². The number of carbonyl (C=O) groups excluding carboxylic acids is 1. The standard InChI is InChI=1S/C8H9IO2Si/c9-7-4-2-1-3-6(7)8(10)11-5-12/h1-4H,5H2,12H3. The quantitative estimate of drug-likeness (QED) is 0.457. The number of hydrogen-bond acceptors (Lipinski definition) is 2. The summed E-state index contributed by atoms with van der Waals surface area (Å²) >= 11 is 2.13. The zero-order valence-electron chi connectivity index (χ0n) is 6.71. The first-order chi connectivity index (χ1) is 5.75. The van der Waals surface area contributed by atoms with Crippen LogP contribution in [0.3, 0.4) is 0 Å². The molecule has 0 saturated carbocycles. The fourth-order valence-electron chi connectivity index (χ4n) is 0.836. The van der Waals surface area contributed by atoms with Crippen molar-refractivity contribution < 1.29 is 9.53 Å². The molecule has 64 valence electrons. The predicted molar refractivity (Wildman–Crippen MR) is 59.4 cm³/mol. The van der Waals surface area contributed by atoms with Crippen molar-refractivity contribution in [2.45, 2.75) is 0 Å². The summed E-state index contributed by atoms with van der Waals surface area (Å²) in [7, 11) is 0.890. The van der Waals surface area contributed by atoms with Crippen LogP contribution in [-0.4, -0.2) is 22.4 Å². The SMILES string of the molecule is O=C(OC[SiH3])c1ccccc1I. The third-order valence-electron chi connectivity index (χ3n) is 1.37. The molecule has 0 aliphatic carbocycles. The van der Waals surface area contributed by atoms with Crippen molar-refractivity contribution in [2.75, 3.05) is 6.23 Å². The van der Waals surface area contributed by atoms with E-state index >= 15 is 0 Å². The fraction of sp³-hybridized carbons (Fsp3) is 0.125. The maximum Gasteiger partial charge on any atom is 0.338 e. The Balaban J connectivity index is 2.87. The van der Waals surface area contributed by atoms with E-state index in [2.05, 4.69) is 22.6 Å². The number of esters is 1. The molecule has 1 rings (SSSR count). The molecule has 0 atom stereocenters. The minimum atomic E-state index is -0.213. The van der Waals surface area contributed by atoms with Crippen LogP contribution in [0.2, 0.25) is 0 Å². The molecule has 0 aliphatic heterocycles. The zero-order chi connectivity index (χ0) is 8.97. The minimum absolute atomic E-state index is 0.213. The first-order valence-electron chi connectivity index (χ1n) is 3.67. The van der Waals surface area contributed by atoms with E-state index in [4.69, 9.17) is 4.74 Å². The van der Waals surface area contributed by atoms with Gasteiger partial charge in [0.15, 0.2) is 0 Å². The molecule has 0 N–H and O–H groups in total. The Bertz CT molecular complexity index is 288. The number of ether oxygens (including phenoxy) is 1. The Kier molecular flexibility index (Phi) is 3.74. The highest BCUT2D eigenvalue weighted by atomic mass is 127. The second-order valence-electron chi connectivity index (χ2n) is 2.20. The van der Waals surface area contributed by atoms with Crippen molar-refractivity contribution in [3.05, 3.63) is 33.4 Å². The summed E-state index contributed by atoms with van der Waals surface area (Å²) in [6.45, 7) is 0. The van der Waals surface area contributed by atoms with Crippen molar-refractivity contribution in [3.63, 3.8) is 0 Å². The van der Waals surface area contributed by atoms with Crippen molar-refractivity contribution in [2.24, 2.45) is 0 Å². The summed E-state index contributed by atoms with van der Waals surface area (Å²) in [6.07, 6.45) is 0.559. The van der Waals surface area contributed by atoms with Gasteiger partial charge in [-0.2, -0.15) is 0 Å². The van der Waals surface area contributed by atoms with E-state index in [1.165, 1.54) is 0 Å². The third-order valence-corrected chi connectivity index (χ3v) is 2.60. The maximum absolute atomic E-state index is 11.3. The van der Waals surface area contributed by atoms with Crippen LogP contribution in [0.1, 0.15) is 10.4 Å². The number of rotatable bonds is 2. The molecule has 0 spiro atoms. The molecule has 1 aromatic carbocycles. The van der Waals surface area contributed by atoms with Crippen LogP contribution in [0.15, 0.2) is 24.3 Å². The molecular weight excluding hydrogens is 283 g/mol. The molecule has 0 fully saturated rings. The number of carbonyl (C=O) groups is 1. The highest BCUT2D eigenvalue weighted by molar-refractivity contribution is 14.1. The molecule has 2 nitrogen and oxygen atoms in total. The smallest absolute Gasteiger partial charge is 0.338 e. The Morgan fingerprint density at radius 2 is 2.17 bits per heavy atom. The second-order valence-corrected chi connectivity index (χ2v) is 3.94. The molecule has 12 heavy (non-hydrogen) atoms. The lowest BCUT2D eigenvalue weighted by Crippen LogP contribution is -2.07. The van der Waals surface area contributed by atoms with Crippen LogP contribution in [0.4, 0.5) is 0 Å². The molecule has 0 radical (unpaired) electrons. The Hall–Kier alpha value is -0.363. The molecule has 0 aromatic heterocycles. The van der Waals surface area contributed by atoms with Crippen molar-refractivity contribution in [3.8, 4) is 0 Å². The van der Waals surface area contributed by atoms with Gasteiger partial charge in [0.1, 0.15) is 0 Å². The lowest BCUT2D eigenvalue weighted by Gasteiger charge is -2.02. The fourth-order valence-corrected chi connectivity index (χ4v) is 1.71. The zero-order valence-corrected chi connectivity index (χ0v) is 10.9. The molecule has 1 aromatic rings. The predicted octanol–water partition coefficient (Wildman–Crippen LogP) is 0.771. The highest BCUT2D eigenvalue weighted by Gasteiger charge is 2.08. The Morgan fingerprint density at radius 3 is 2.75 bits per heavy atom. The molecule has 0 saturated heterocycles. The second kappa shape index (κ2) is 4.61. The van der Waals surface area contributed by atoms with Gasteiger partial charge in [0, 0.05) is 3.57 Å². The average Bonchev–Trinajstić information content (AvgIpc) is 2.05. The van der Waals surface area contributed by atoms with E-state index in [1.54, 1.807) is 6.07 Å². The minimum Gasteiger partial charge on any atom is -0.467 e. The number of halogens is 1. The molecular formula is C8H9IO2Si. The molecule has 0 unspecified atom stereocenters. The normalized spacial score (nSPS) is 9.75. The molecule has 0 heterocycles. The van der Waals surface area contributed by atoms with Gasteiger partial charge in [-0.05, 0) is 34.7 Å². The monoisotopic (exact) mass is 292 g/mol. The van der Waals surface area contributed by atoms with Crippen molar-refractivity contribution >= 4 is 38.8 Å². The first-order valence-corrected chi connectivity index (χ1v) is 6.16. The highest BCUT2D eigenvalue weighted by Crippen LogP contribution is 2.12. The first kappa shape index (κ1) is 9.72. The van der Waals surface area contributed by atoms with Crippen LogP contribution in [-0.2, 0) is 4.74 Å². The van der Waals surface area contributed by atoms with Crippen molar-refractivity contribution in [1.82, 2.24) is 0 Å². The van der Waals surface area contributed by atoms with Crippen LogP contribution >= 0.6 is 22.6 Å². The van der Waals surface area contributed by atoms with E-state index in [1.807, 2.05) is 18.2 Å². The summed E-state index contributed by atoms with van der Waals surface area (Å²) in [5.74, 6) is -0.213. The molecule has 0 bridgehead atoms. The number of hydrogen-bond donors (Lipinski definition) is 0. The Morgan fingerprint density at radius 1 is 1.50 bits per heavy atom. The van der Waals surface area contributed by atoms with Crippen molar-refractivity contribution in [1.29, 1.82) is 0 Å².